The van der Waals surface area contributed by atoms with Gasteiger partial charge in [0, 0.05) is 36.8 Å². The second-order valence-corrected chi connectivity index (χ2v) is 11.8. The van der Waals surface area contributed by atoms with Crippen LogP contribution in [0.3, 0.4) is 0 Å². The van der Waals surface area contributed by atoms with E-state index in [1.165, 1.54) is 29.8 Å². The lowest BCUT2D eigenvalue weighted by Crippen LogP contribution is -2.38. The number of rotatable bonds is 3. The van der Waals surface area contributed by atoms with Crippen LogP contribution in [0.5, 0.6) is 0 Å². The molecule has 4 atom stereocenters. The molecule has 0 radical (unpaired) electrons. The van der Waals surface area contributed by atoms with Crippen molar-refractivity contribution >= 4 is 5.91 Å². The van der Waals surface area contributed by atoms with Crippen molar-refractivity contribution in [1.82, 2.24) is 14.7 Å². The minimum atomic E-state index is 0.318. The Hall–Kier alpha value is -1.32. The minimum Gasteiger partial charge on any atom is -0.339 e. The van der Waals surface area contributed by atoms with Crippen molar-refractivity contribution in [2.45, 2.75) is 92.2 Å². The number of hydrogen-bond donors (Lipinski definition) is 0. The van der Waals surface area contributed by atoms with Crippen molar-refractivity contribution in [3.8, 4) is 0 Å². The van der Waals surface area contributed by atoms with Gasteiger partial charge in [-0.3, -0.25) is 9.48 Å². The molecule has 1 aliphatic heterocycles. The largest absolute Gasteiger partial charge is 0.339 e. The van der Waals surface area contributed by atoms with Gasteiger partial charge in [0.05, 0.1) is 5.69 Å². The monoisotopic (exact) mass is 369 g/mol. The van der Waals surface area contributed by atoms with Crippen LogP contribution in [0.2, 0.25) is 0 Å². The lowest BCUT2D eigenvalue weighted by Gasteiger charge is -2.39. The summed E-state index contributed by atoms with van der Waals surface area (Å²) in [5.41, 5.74) is 5.25. The number of likely N-dealkylation sites (tertiary alicyclic amines) is 1. The molecule has 1 amide bonds. The predicted molar refractivity (Wildman–Crippen MR) is 107 cm³/mol. The fourth-order valence-electron chi connectivity index (χ4n) is 7.45. The van der Waals surface area contributed by atoms with Crippen molar-refractivity contribution in [1.29, 1.82) is 0 Å². The molecule has 3 fully saturated rings. The summed E-state index contributed by atoms with van der Waals surface area (Å²) in [6.07, 6.45) is 5.34. The normalized spacial score (nSPS) is 37.3. The molecule has 0 spiro atoms. The zero-order chi connectivity index (χ0) is 19.4. The first kappa shape index (κ1) is 17.8. The average molecular weight is 370 g/mol. The fourth-order valence-corrected chi connectivity index (χ4v) is 7.45. The van der Waals surface area contributed by atoms with Crippen LogP contribution in [0, 0.1) is 29.1 Å². The summed E-state index contributed by atoms with van der Waals surface area (Å²) in [5.74, 6) is 1.84. The maximum Gasteiger partial charge on any atom is 0.224 e. The van der Waals surface area contributed by atoms with E-state index in [4.69, 9.17) is 5.10 Å². The van der Waals surface area contributed by atoms with Gasteiger partial charge in [-0.15, -0.1) is 0 Å². The van der Waals surface area contributed by atoms with Gasteiger partial charge in [-0.25, -0.2) is 0 Å². The van der Waals surface area contributed by atoms with Crippen molar-refractivity contribution in [2.75, 3.05) is 6.54 Å². The van der Waals surface area contributed by atoms with Crippen LogP contribution in [0.15, 0.2) is 0 Å². The smallest absolute Gasteiger partial charge is 0.224 e. The lowest BCUT2D eigenvalue weighted by molar-refractivity contribution is -0.132. The molecule has 5 rings (SSSR count). The zero-order valence-corrected chi connectivity index (χ0v) is 17.9. The summed E-state index contributed by atoms with van der Waals surface area (Å²) in [6, 6.07) is 0.449. The number of carbonyl (C=O) groups excluding carboxylic acids is 1. The Morgan fingerprint density at radius 2 is 1.93 bits per heavy atom. The Bertz CT molecular complexity index is 820. The van der Waals surface area contributed by atoms with E-state index < -0.39 is 0 Å². The van der Waals surface area contributed by atoms with Crippen molar-refractivity contribution < 1.29 is 4.79 Å². The molecule has 27 heavy (non-hydrogen) atoms. The van der Waals surface area contributed by atoms with Crippen molar-refractivity contribution in [3.05, 3.63) is 17.0 Å². The highest BCUT2D eigenvalue weighted by Crippen LogP contribution is 2.70. The average Bonchev–Trinajstić information content (AvgIpc) is 2.90. The first-order valence-electron chi connectivity index (χ1n) is 10.9. The van der Waals surface area contributed by atoms with Crippen molar-refractivity contribution in [3.63, 3.8) is 0 Å². The highest BCUT2D eigenvalue weighted by Gasteiger charge is 2.63. The first-order chi connectivity index (χ1) is 12.5. The topological polar surface area (TPSA) is 38.1 Å². The molecule has 3 aliphatic carbocycles. The molecule has 1 saturated heterocycles. The molecular formula is C23H35N3O. The van der Waals surface area contributed by atoms with E-state index in [2.05, 4.69) is 51.1 Å². The van der Waals surface area contributed by atoms with E-state index in [1.54, 1.807) is 0 Å². The molecule has 4 aliphatic rings. The van der Waals surface area contributed by atoms with Gasteiger partial charge in [0.25, 0.3) is 0 Å². The van der Waals surface area contributed by atoms with Crippen LogP contribution in [0.25, 0.3) is 0 Å². The van der Waals surface area contributed by atoms with Crippen LogP contribution in [0.1, 0.15) is 83.2 Å². The number of nitrogens with zero attached hydrogens (tertiary/aromatic N) is 3. The third-order valence-electron chi connectivity index (χ3n) is 8.33. The number of carbonyl (C=O) groups is 1. The second kappa shape index (κ2) is 5.18. The van der Waals surface area contributed by atoms with E-state index in [-0.39, 0.29) is 0 Å². The van der Waals surface area contributed by atoms with Gasteiger partial charge in [-0.05, 0) is 60.7 Å². The van der Waals surface area contributed by atoms with Crippen LogP contribution < -0.4 is 0 Å². The summed E-state index contributed by atoms with van der Waals surface area (Å²) in [5, 5.41) is 4.82. The van der Waals surface area contributed by atoms with Gasteiger partial charge >= 0.3 is 0 Å². The number of aryl methyl sites for hydroxylation is 2. The van der Waals surface area contributed by atoms with E-state index in [0.29, 0.717) is 40.5 Å². The summed E-state index contributed by atoms with van der Waals surface area (Å²) < 4.78 is 2.17. The van der Waals surface area contributed by atoms with Crippen LogP contribution >= 0.6 is 0 Å². The Kier molecular flexibility index (Phi) is 3.41. The second-order valence-electron chi connectivity index (χ2n) is 11.8. The highest BCUT2D eigenvalue weighted by molar-refractivity contribution is 5.77. The molecule has 1 aromatic rings. The number of amides is 1. The van der Waals surface area contributed by atoms with Gasteiger partial charge < -0.3 is 4.90 Å². The molecule has 1 aromatic heterocycles. The molecule has 2 bridgehead atoms. The Labute approximate surface area is 163 Å². The Morgan fingerprint density at radius 1 is 1.19 bits per heavy atom. The third-order valence-corrected chi connectivity index (χ3v) is 8.33. The van der Waals surface area contributed by atoms with Gasteiger partial charge in [0.1, 0.15) is 0 Å². The molecular weight excluding hydrogens is 334 g/mol. The van der Waals surface area contributed by atoms with E-state index >= 15 is 0 Å². The van der Waals surface area contributed by atoms with Gasteiger partial charge in [0.15, 0.2) is 0 Å². The lowest BCUT2D eigenvalue weighted by atomic mass is 9.65. The van der Waals surface area contributed by atoms with E-state index in [1.807, 2.05) is 0 Å². The standard InChI is InChI=1S/C23H35N3O/c1-14-19-17(9-16-20(19)22(16,4)5)26(24-14)8-7-18(27)25-13-23(6)11-15(25)10-21(2,3)12-23/h15-16,20H,7-13H2,1-6H3/t15-,16-,20-,23+/m1/s1. The maximum atomic E-state index is 13.1. The van der Waals surface area contributed by atoms with Gasteiger partial charge in [-0.2, -0.15) is 5.10 Å². The Balaban J connectivity index is 1.28. The highest BCUT2D eigenvalue weighted by atomic mass is 16.2. The van der Waals surface area contributed by atoms with Gasteiger partial charge in [-0.1, -0.05) is 34.6 Å². The Morgan fingerprint density at radius 3 is 2.67 bits per heavy atom. The molecule has 0 N–H and O–H groups in total. The van der Waals surface area contributed by atoms with Crippen LogP contribution in [-0.4, -0.2) is 33.2 Å². The molecule has 0 aromatic carbocycles. The molecule has 148 valence electrons. The first-order valence-corrected chi connectivity index (χ1v) is 10.9. The maximum absolute atomic E-state index is 13.1. The molecule has 2 saturated carbocycles. The van der Waals surface area contributed by atoms with E-state index in [9.17, 15) is 4.79 Å². The van der Waals surface area contributed by atoms with Crippen molar-refractivity contribution in [2.24, 2.45) is 22.2 Å². The number of fused-ring (bicyclic) bond motifs is 5. The van der Waals surface area contributed by atoms with Gasteiger partial charge in [0.2, 0.25) is 5.91 Å². The molecule has 2 heterocycles. The summed E-state index contributed by atoms with van der Waals surface area (Å²) in [6.45, 7) is 15.7. The third kappa shape index (κ3) is 2.54. The predicted octanol–water partition coefficient (Wildman–Crippen LogP) is 4.30. The zero-order valence-electron chi connectivity index (χ0n) is 17.9. The summed E-state index contributed by atoms with van der Waals surface area (Å²) >= 11 is 0. The SMILES string of the molecule is Cc1nn(CCC(=O)N2C[C@@]3(C)C[C@H]2CC(C)(C)C3)c2c1[C@H]1[C@@H](C2)C1(C)C. The van der Waals surface area contributed by atoms with E-state index in [0.717, 1.165) is 31.8 Å². The fraction of sp³-hybridized carbons (Fsp3) is 0.826. The number of hydrogen-bond acceptors (Lipinski definition) is 2. The quantitative estimate of drug-likeness (QED) is 0.796. The molecule has 4 heteroatoms. The number of aromatic nitrogens is 2. The molecule has 0 unspecified atom stereocenters. The van der Waals surface area contributed by atoms with Crippen LogP contribution in [-0.2, 0) is 17.8 Å². The van der Waals surface area contributed by atoms with Crippen LogP contribution in [0.4, 0.5) is 0 Å². The summed E-state index contributed by atoms with van der Waals surface area (Å²) in [7, 11) is 0. The summed E-state index contributed by atoms with van der Waals surface area (Å²) in [4.78, 5) is 15.3. The minimum absolute atomic E-state index is 0.318. The molecule has 4 nitrogen and oxygen atoms in total.